The third-order valence-electron chi connectivity index (χ3n) is 2.95. The molecule has 0 radical (unpaired) electrons. The van der Waals surface area contributed by atoms with Gasteiger partial charge in [-0.2, -0.15) is 5.10 Å². The van der Waals surface area contributed by atoms with Gasteiger partial charge < -0.3 is 4.57 Å². The summed E-state index contributed by atoms with van der Waals surface area (Å²) in [4.78, 5) is 4.06. The fourth-order valence-electron chi connectivity index (χ4n) is 1.96. The molecule has 0 unspecified atom stereocenters. The fraction of sp³-hybridized carbons (Fsp3) is 0.0714. The molecule has 1 aromatic carbocycles. The third kappa shape index (κ3) is 2.08. The first kappa shape index (κ1) is 11.8. The van der Waals surface area contributed by atoms with Crippen LogP contribution in [-0.4, -0.2) is 20.4 Å². The van der Waals surface area contributed by atoms with Crippen LogP contribution in [0.2, 0.25) is 0 Å². The van der Waals surface area contributed by atoms with E-state index in [2.05, 4.69) is 10.1 Å². The summed E-state index contributed by atoms with van der Waals surface area (Å²) in [6.45, 7) is 0. The van der Waals surface area contributed by atoms with Crippen LogP contribution in [0, 0.1) is 4.77 Å². The zero-order valence-corrected chi connectivity index (χ0v) is 11.2. The third-order valence-corrected chi connectivity index (χ3v) is 3.39. The second-order valence-electron chi connectivity index (χ2n) is 4.17. The summed E-state index contributed by atoms with van der Waals surface area (Å²) in [5.41, 5.74) is 3.00. The summed E-state index contributed by atoms with van der Waals surface area (Å²) < 4.78 is 4.38. The molecule has 2 heterocycles. The highest BCUT2D eigenvalue weighted by Gasteiger charge is 2.05. The zero-order valence-electron chi connectivity index (χ0n) is 10.4. The number of aryl methyl sites for hydroxylation is 1. The summed E-state index contributed by atoms with van der Waals surface area (Å²) in [7, 11) is 1.95. The number of aromatic nitrogens is 3. The van der Waals surface area contributed by atoms with E-state index in [1.165, 1.54) is 0 Å². The van der Waals surface area contributed by atoms with Crippen molar-refractivity contribution in [1.29, 1.82) is 0 Å². The van der Waals surface area contributed by atoms with Gasteiger partial charge in [-0.15, -0.1) is 0 Å². The maximum absolute atomic E-state index is 5.41. The normalized spacial score (nSPS) is 11.4. The van der Waals surface area contributed by atoms with Gasteiger partial charge in [0.2, 0.25) is 4.77 Å². The summed E-state index contributed by atoms with van der Waals surface area (Å²) in [6.07, 6.45) is 5.26. The molecule has 0 fully saturated rings. The molecule has 94 valence electrons. The Labute approximate surface area is 115 Å². The van der Waals surface area contributed by atoms with Crippen LogP contribution < -0.4 is 0 Å². The molecule has 0 saturated heterocycles. The Bertz CT molecular complexity index is 799. The lowest BCUT2D eigenvalue weighted by Crippen LogP contribution is -1.93. The van der Waals surface area contributed by atoms with E-state index in [1.54, 1.807) is 23.3 Å². The Morgan fingerprint density at radius 1 is 1.16 bits per heavy atom. The number of nitrogens with zero attached hydrogens (tertiary/aromatic N) is 4. The lowest BCUT2D eigenvalue weighted by atomic mass is 10.3. The van der Waals surface area contributed by atoms with Crippen molar-refractivity contribution in [3.05, 3.63) is 59.1 Å². The van der Waals surface area contributed by atoms with Crippen molar-refractivity contribution in [2.24, 2.45) is 12.1 Å². The van der Waals surface area contributed by atoms with Gasteiger partial charge in [-0.3, -0.25) is 4.98 Å². The molecular formula is C14H12N4S. The number of hydrogen-bond acceptors (Lipinski definition) is 3. The maximum atomic E-state index is 5.41. The fourth-order valence-corrected chi connectivity index (χ4v) is 2.21. The molecule has 0 aliphatic carbocycles. The van der Waals surface area contributed by atoms with Crippen molar-refractivity contribution in [3.8, 4) is 0 Å². The van der Waals surface area contributed by atoms with Crippen molar-refractivity contribution in [2.75, 3.05) is 0 Å². The van der Waals surface area contributed by atoms with Gasteiger partial charge in [0.05, 0.1) is 17.2 Å². The largest absolute Gasteiger partial charge is 0.318 e. The molecule has 4 nitrogen and oxygen atoms in total. The van der Waals surface area contributed by atoms with Gasteiger partial charge in [0, 0.05) is 25.0 Å². The standard InChI is InChI=1S/C14H12N4S/c1-17-12-6-2-3-7-13(12)18(14(17)19)16-10-11-5-4-8-15-9-11/h2-10H,1H3/b16-10-. The average Bonchev–Trinajstić information content (AvgIpc) is 2.71. The monoisotopic (exact) mass is 268 g/mol. The number of para-hydroxylation sites is 2. The van der Waals surface area contributed by atoms with Gasteiger partial charge >= 0.3 is 0 Å². The number of benzene rings is 1. The molecule has 3 aromatic rings. The summed E-state index contributed by atoms with van der Waals surface area (Å²) in [6, 6.07) is 11.8. The molecule has 0 atom stereocenters. The van der Waals surface area contributed by atoms with Gasteiger partial charge in [-0.25, -0.2) is 4.68 Å². The molecule has 3 rings (SSSR count). The molecule has 0 spiro atoms. The summed E-state index contributed by atoms with van der Waals surface area (Å²) in [5.74, 6) is 0. The predicted octanol–water partition coefficient (Wildman–Crippen LogP) is 2.99. The molecule has 0 aliphatic rings. The van der Waals surface area contributed by atoms with E-state index >= 15 is 0 Å². The minimum absolute atomic E-state index is 0.668. The minimum atomic E-state index is 0.668. The lowest BCUT2D eigenvalue weighted by Gasteiger charge is -1.95. The average molecular weight is 268 g/mol. The number of pyridine rings is 1. The molecular weight excluding hydrogens is 256 g/mol. The highest BCUT2D eigenvalue weighted by Crippen LogP contribution is 2.16. The van der Waals surface area contributed by atoms with Crippen LogP contribution in [0.1, 0.15) is 5.56 Å². The quantitative estimate of drug-likeness (QED) is 0.529. The van der Waals surface area contributed by atoms with Crippen LogP contribution in [0.5, 0.6) is 0 Å². The first-order valence-corrected chi connectivity index (χ1v) is 6.29. The van der Waals surface area contributed by atoms with E-state index in [1.807, 2.05) is 48.0 Å². The second-order valence-corrected chi connectivity index (χ2v) is 4.54. The Balaban J connectivity index is 2.14. The van der Waals surface area contributed by atoms with Crippen LogP contribution in [0.3, 0.4) is 0 Å². The van der Waals surface area contributed by atoms with Crippen molar-refractivity contribution in [3.63, 3.8) is 0 Å². The minimum Gasteiger partial charge on any atom is -0.318 e. The first-order chi connectivity index (χ1) is 9.27. The van der Waals surface area contributed by atoms with E-state index in [4.69, 9.17) is 12.2 Å². The Morgan fingerprint density at radius 2 is 1.95 bits per heavy atom. The van der Waals surface area contributed by atoms with E-state index in [0.29, 0.717) is 4.77 Å². The van der Waals surface area contributed by atoms with Crippen molar-refractivity contribution in [1.82, 2.24) is 14.2 Å². The van der Waals surface area contributed by atoms with E-state index in [0.717, 1.165) is 16.6 Å². The van der Waals surface area contributed by atoms with Gasteiger partial charge in [-0.05, 0) is 30.4 Å². The van der Waals surface area contributed by atoms with Crippen LogP contribution in [0.4, 0.5) is 0 Å². The second kappa shape index (κ2) is 4.78. The molecule has 2 aromatic heterocycles. The van der Waals surface area contributed by atoms with Gasteiger partial charge in [0.1, 0.15) is 0 Å². The predicted molar refractivity (Wildman–Crippen MR) is 79.0 cm³/mol. The van der Waals surface area contributed by atoms with Gasteiger partial charge in [-0.1, -0.05) is 18.2 Å². The molecule has 0 bridgehead atoms. The van der Waals surface area contributed by atoms with Crippen LogP contribution in [-0.2, 0) is 7.05 Å². The lowest BCUT2D eigenvalue weighted by molar-refractivity contribution is 0.818. The molecule has 19 heavy (non-hydrogen) atoms. The Hall–Kier alpha value is -2.27. The molecule has 0 N–H and O–H groups in total. The van der Waals surface area contributed by atoms with E-state index in [-0.39, 0.29) is 0 Å². The highest BCUT2D eigenvalue weighted by atomic mass is 32.1. The molecule has 0 amide bonds. The zero-order chi connectivity index (χ0) is 13.2. The number of rotatable bonds is 2. The smallest absolute Gasteiger partial charge is 0.201 e. The topological polar surface area (TPSA) is 35.1 Å². The first-order valence-electron chi connectivity index (χ1n) is 5.88. The summed E-state index contributed by atoms with van der Waals surface area (Å²) >= 11 is 5.41. The number of fused-ring (bicyclic) bond motifs is 1. The van der Waals surface area contributed by atoms with Crippen molar-refractivity contribution >= 4 is 29.5 Å². The summed E-state index contributed by atoms with van der Waals surface area (Å²) in [5, 5.41) is 4.45. The SMILES string of the molecule is Cn1c(=S)n(/N=C\c2cccnc2)c2ccccc21. The van der Waals surface area contributed by atoms with Crippen LogP contribution in [0.25, 0.3) is 11.0 Å². The molecule has 0 aliphatic heterocycles. The van der Waals surface area contributed by atoms with Crippen molar-refractivity contribution < 1.29 is 0 Å². The highest BCUT2D eigenvalue weighted by molar-refractivity contribution is 7.71. The Morgan fingerprint density at radius 3 is 2.68 bits per heavy atom. The van der Waals surface area contributed by atoms with Crippen LogP contribution in [0.15, 0.2) is 53.9 Å². The van der Waals surface area contributed by atoms with Crippen LogP contribution >= 0.6 is 12.2 Å². The van der Waals surface area contributed by atoms with Gasteiger partial charge in [0.25, 0.3) is 0 Å². The van der Waals surface area contributed by atoms with E-state index < -0.39 is 0 Å². The van der Waals surface area contributed by atoms with Gasteiger partial charge in [0.15, 0.2) is 0 Å². The van der Waals surface area contributed by atoms with Crippen molar-refractivity contribution in [2.45, 2.75) is 0 Å². The Kier molecular flexibility index (Phi) is 2.97. The molecule has 0 saturated carbocycles. The van der Waals surface area contributed by atoms with E-state index in [9.17, 15) is 0 Å². The maximum Gasteiger partial charge on any atom is 0.201 e. The molecule has 5 heteroatoms. The number of hydrogen-bond donors (Lipinski definition) is 0. The number of imidazole rings is 1.